The standard InChI is InChI=1S/C13H16N2O4/c16-11(17)13(12(18)19)3-7-15(8-4-13)9-10-1-5-14-6-2-10/h1-2,5-6H,3-4,7-9H2,(H,16,17)(H,18,19). The number of pyridine rings is 1. The van der Waals surface area contributed by atoms with Crippen molar-refractivity contribution >= 4 is 11.9 Å². The lowest BCUT2D eigenvalue weighted by Gasteiger charge is -2.35. The Kier molecular flexibility index (Phi) is 3.80. The Morgan fingerprint density at radius 3 is 2.16 bits per heavy atom. The van der Waals surface area contributed by atoms with Crippen LogP contribution < -0.4 is 0 Å². The van der Waals surface area contributed by atoms with E-state index in [2.05, 4.69) is 9.88 Å². The smallest absolute Gasteiger partial charge is 0.321 e. The second kappa shape index (κ2) is 5.36. The van der Waals surface area contributed by atoms with E-state index in [1.807, 2.05) is 12.1 Å². The van der Waals surface area contributed by atoms with Crippen LogP contribution in [0.15, 0.2) is 24.5 Å². The number of carbonyl (C=O) groups is 2. The van der Waals surface area contributed by atoms with Crippen LogP contribution in [0.5, 0.6) is 0 Å². The topological polar surface area (TPSA) is 90.7 Å². The summed E-state index contributed by atoms with van der Waals surface area (Å²) in [4.78, 5) is 28.4. The van der Waals surface area contributed by atoms with Crippen LogP contribution in [0.1, 0.15) is 18.4 Å². The van der Waals surface area contributed by atoms with Gasteiger partial charge >= 0.3 is 11.9 Å². The van der Waals surface area contributed by atoms with Crippen molar-refractivity contribution in [3.8, 4) is 0 Å². The van der Waals surface area contributed by atoms with E-state index in [0.717, 1.165) is 5.56 Å². The van der Waals surface area contributed by atoms with Crippen molar-refractivity contribution < 1.29 is 19.8 Å². The van der Waals surface area contributed by atoms with Gasteiger partial charge in [0.1, 0.15) is 0 Å². The first-order valence-corrected chi connectivity index (χ1v) is 6.13. The summed E-state index contributed by atoms with van der Waals surface area (Å²) >= 11 is 0. The highest BCUT2D eigenvalue weighted by molar-refractivity contribution is 5.98. The van der Waals surface area contributed by atoms with Crippen LogP contribution in [0.25, 0.3) is 0 Å². The molecule has 0 radical (unpaired) electrons. The molecule has 2 heterocycles. The molecule has 0 aromatic carbocycles. The summed E-state index contributed by atoms with van der Waals surface area (Å²) in [5.74, 6) is -2.47. The van der Waals surface area contributed by atoms with E-state index < -0.39 is 17.4 Å². The van der Waals surface area contributed by atoms with Gasteiger partial charge in [0.2, 0.25) is 0 Å². The monoisotopic (exact) mass is 264 g/mol. The fraction of sp³-hybridized carbons (Fsp3) is 0.462. The number of aliphatic carboxylic acids is 2. The molecule has 1 aliphatic heterocycles. The lowest BCUT2D eigenvalue weighted by Crippen LogP contribution is -2.48. The molecule has 1 fully saturated rings. The predicted octanol–water partition coefficient (Wildman–Crippen LogP) is 0.833. The second-order valence-corrected chi connectivity index (χ2v) is 4.82. The first kappa shape index (κ1) is 13.5. The molecule has 6 nitrogen and oxygen atoms in total. The highest BCUT2D eigenvalue weighted by Gasteiger charge is 2.48. The van der Waals surface area contributed by atoms with Crippen molar-refractivity contribution in [2.24, 2.45) is 5.41 Å². The maximum atomic E-state index is 11.2. The number of likely N-dealkylation sites (tertiary alicyclic amines) is 1. The molecule has 0 amide bonds. The van der Waals surface area contributed by atoms with Gasteiger partial charge in [-0.3, -0.25) is 19.5 Å². The molecule has 0 bridgehead atoms. The van der Waals surface area contributed by atoms with Crippen LogP contribution in [0.4, 0.5) is 0 Å². The number of carboxylic acid groups (broad SMARTS) is 2. The third-order valence-corrected chi connectivity index (χ3v) is 3.68. The summed E-state index contributed by atoms with van der Waals surface area (Å²) in [6.45, 7) is 1.64. The van der Waals surface area contributed by atoms with Crippen molar-refractivity contribution in [3.63, 3.8) is 0 Å². The van der Waals surface area contributed by atoms with Crippen LogP contribution >= 0.6 is 0 Å². The van der Waals surface area contributed by atoms with Gasteiger partial charge in [-0.1, -0.05) is 0 Å². The Hall–Kier alpha value is -1.95. The molecule has 102 valence electrons. The summed E-state index contributed by atoms with van der Waals surface area (Å²) in [6, 6.07) is 3.80. The maximum Gasteiger partial charge on any atom is 0.321 e. The Labute approximate surface area is 110 Å². The van der Waals surface area contributed by atoms with Crippen molar-refractivity contribution in [3.05, 3.63) is 30.1 Å². The highest BCUT2D eigenvalue weighted by Crippen LogP contribution is 2.32. The van der Waals surface area contributed by atoms with Crippen molar-refractivity contribution in [1.82, 2.24) is 9.88 Å². The minimum Gasteiger partial charge on any atom is -0.480 e. The Bertz CT molecular complexity index is 451. The Morgan fingerprint density at radius 1 is 1.16 bits per heavy atom. The number of carboxylic acids is 2. The molecule has 0 saturated carbocycles. The lowest BCUT2D eigenvalue weighted by molar-refractivity contribution is -0.168. The van der Waals surface area contributed by atoms with Gasteiger partial charge in [-0.25, -0.2) is 0 Å². The molecule has 2 rings (SSSR count). The van der Waals surface area contributed by atoms with Crippen LogP contribution in [0.3, 0.4) is 0 Å². The zero-order valence-corrected chi connectivity index (χ0v) is 10.5. The molecule has 1 aromatic rings. The fourth-order valence-electron chi connectivity index (χ4n) is 2.36. The third kappa shape index (κ3) is 2.73. The molecule has 0 atom stereocenters. The largest absolute Gasteiger partial charge is 0.480 e. The summed E-state index contributed by atoms with van der Waals surface area (Å²) in [6.07, 6.45) is 3.70. The van der Waals surface area contributed by atoms with E-state index in [9.17, 15) is 9.59 Å². The van der Waals surface area contributed by atoms with E-state index in [1.54, 1.807) is 12.4 Å². The third-order valence-electron chi connectivity index (χ3n) is 3.68. The van der Waals surface area contributed by atoms with Crippen LogP contribution in [-0.2, 0) is 16.1 Å². The van der Waals surface area contributed by atoms with Gasteiger partial charge < -0.3 is 10.2 Å². The molecular formula is C13H16N2O4. The zero-order valence-electron chi connectivity index (χ0n) is 10.5. The van der Waals surface area contributed by atoms with Crippen LogP contribution in [-0.4, -0.2) is 45.1 Å². The summed E-state index contributed by atoms with van der Waals surface area (Å²) in [5, 5.41) is 18.3. The number of aromatic nitrogens is 1. The Balaban J connectivity index is 1.99. The molecule has 1 saturated heterocycles. The van der Waals surface area contributed by atoms with Gasteiger partial charge in [0.25, 0.3) is 0 Å². The van der Waals surface area contributed by atoms with Gasteiger partial charge in [0, 0.05) is 32.0 Å². The molecule has 6 heteroatoms. The first-order chi connectivity index (χ1) is 9.04. The molecule has 2 N–H and O–H groups in total. The Morgan fingerprint density at radius 2 is 1.68 bits per heavy atom. The molecule has 0 spiro atoms. The van der Waals surface area contributed by atoms with Gasteiger partial charge in [-0.2, -0.15) is 0 Å². The number of nitrogens with zero attached hydrogens (tertiary/aromatic N) is 2. The number of piperidine rings is 1. The van der Waals surface area contributed by atoms with E-state index >= 15 is 0 Å². The summed E-state index contributed by atoms with van der Waals surface area (Å²) in [5.41, 5.74) is -0.525. The summed E-state index contributed by atoms with van der Waals surface area (Å²) < 4.78 is 0. The average Bonchev–Trinajstić information content (AvgIpc) is 2.40. The zero-order chi connectivity index (χ0) is 13.9. The van der Waals surface area contributed by atoms with Crippen LogP contribution in [0, 0.1) is 5.41 Å². The molecule has 0 aliphatic carbocycles. The van der Waals surface area contributed by atoms with E-state index in [-0.39, 0.29) is 12.8 Å². The van der Waals surface area contributed by atoms with Gasteiger partial charge in [0.05, 0.1) is 0 Å². The van der Waals surface area contributed by atoms with Gasteiger partial charge in [-0.05, 0) is 30.5 Å². The van der Waals surface area contributed by atoms with E-state index in [0.29, 0.717) is 19.6 Å². The number of hydrogen-bond acceptors (Lipinski definition) is 4. The normalized spacial score (nSPS) is 18.9. The average molecular weight is 264 g/mol. The molecule has 1 aromatic heterocycles. The van der Waals surface area contributed by atoms with Gasteiger partial charge in [0.15, 0.2) is 5.41 Å². The van der Waals surface area contributed by atoms with Crippen molar-refractivity contribution in [2.45, 2.75) is 19.4 Å². The van der Waals surface area contributed by atoms with Gasteiger partial charge in [-0.15, -0.1) is 0 Å². The predicted molar refractivity (Wildman–Crippen MR) is 66.5 cm³/mol. The fourth-order valence-corrected chi connectivity index (χ4v) is 2.36. The van der Waals surface area contributed by atoms with Crippen molar-refractivity contribution in [2.75, 3.05) is 13.1 Å². The highest BCUT2D eigenvalue weighted by atomic mass is 16.4. The number of hydrogen-bond donors (Lipinski definition) is 2. The molecular weight excluding hydrogens is 248 g/mol. The SMILES string of the molecule is O=C(O)C1(C(=O)O)CCN(Cc2ccncc2)CC1. The van der Waals surface area contributed by atoms with Crippen molar-refractivity contribution in [1.29, 1.82) is 0 Å². The maximum absolute atomic E-state index is 11.2. The lowest BCUT2D eigenvalue weighted by atomic mass is 9.78. The van der Waals surface area contributed by atoms with E-state index in [4.69, 9.17) is 10.2 Å². The molecule has 19 heavy (non-hydrogen) atoms. The minimum atomic E-state index is -1.62. The summed E-state index contributed by atoms with van der Waals surface area (Å²) in [7, 11) is 0. The van der Waals surface area contributed by atoms with Crippen LogP contribution in [0.2, 0.25) is 0 Å². The quantitative estimate of drug-likeness (QED) is 0.783. The second-order valence-electron chi connectivity index (χ2n) is 4.82. The van der Waals surface area contributed by atoms with E-state index in [1.165, 1.54) is 0 Å². The molecule has 0 unspecified atom stereocenters. The first-order valence-electron chi connectivity index (χ1n) is 6.13. The number of rotatable bonds is 4. The molecule has 1 aliphatic rings. The minimum absolute atomic E-state index is 0.142.